The molecule has 0 aliphatic carbocycles. The van der Waals surface area contributed by atoms with Gasteiger partial charge in [0, 0.05) is 26.2 Å². The summed E-state index contributed by atoms with van der Waals surface area (Å²) >= 11 is 0. The first-order valence-corrected chi connectivity index (χ1v) is 7.01. The Morgan fingerprint density at radius 2 is 1.27 bits per heavy atom. The van der Waals surface area contributed by atoms with Gasteiger partial charge in [-0.25, -0.2) is 14.4 Å². The summed E-state index contributed by atoms with van der Waals surface area (Å²) in [5, 5.41) is 5.10. The molecule has 0 saturated heterocycles. The number of methoxy groups -OCH3 is 3. The summed E-state index contributed by atoms with van der Waals surface area (Å²) in [7, 11) is 3.91. The normalized spacial score (nSPS) is 9.59. The van der Waals surface area contributed by atoms with Crippen LogP contribution in [0.1, 0.15) is 19.3 Å². The number of carbonyl (C=O) groups excluding carboxylic acids is 3. The van der Waals surface area contributed by atoms with Crippen LogP contribution in [-0.4, -0.2) is 70.7 Å². The fourth-order valence-electron chi connectivity index (χ4n) is 1.65. The fourth-order valence-corrected chi connectivity index (χ4v) is 1.65. The SMILES string of the molecule is COC(=O)NCCCCN(CCCNC(=O)OC)C(=O)OC. The molecule has 128 valence electrons. The molecule has 0 aromatic heterocycles. The third-order valence-electron chi connectivity index (χ3n) is 2.80. The lowest BCUT2D eigenvalue weighted by atomic mass is 10.3. The summed E-state index contributed by atoms with van der Waals surface area (Å²) in [5.74, 6) is 0. The molecule has 0 bridgehead atoms. The molecule has 9 nitrogen and oxygen atoms in total. The maximum absolute atomic E-state index is 11.6. The van der Waals surface area contributed by atoms with Crippen molar-refractivity contribution in [2.45, 2.75) is 19.3 Å². The van der Waals surface area contributed by atoms with E-state index in [9.17, 15) is 14.4 Å². The zero-order valence-electron chi connectivity index (χ0n) is 13.3. The molecule has 0 radical (unpaired) electrons. The minimum Gasteiger partial charge on any atom is -0.453 e. The molecule has 0 saturated carbocycles. The predicted octanol–water partition coefficient (Wildman–Crippen LogP) is 0.937. The minimum atomic E-state index is -0.501. The van der Waals surface area contributed by atoms with Crippen molar-refractivity contribution >= 4 is 18.3 Å². The van der Waals surface area contributed by atoms with E-state index in [2.05, 4.69) is 20.1 Å². The van der Waals surface area contributed by atoms with E-state index >= 15 is 0 Å². The van der Waals surface area contributed by atoms with Crippen LogP contribution in [-0.2, 0) is 14.2 Å². The predicted molar refractivity (Wildman–Crippen MR) is 78.6 cm³/mol. The van der Waals surface area contributed by atoms with Crippen molar-refractivity contribution in [1.29, 1.82) is 0 Å². The van der Waals surface area contributed by atoms with Gasteiger partial charge in [0.25, 0.3) is 0 Å². The van der Waals surface area contributed by atoms with Gasteiger partial charge in [0.15, 0.2) is 0 Å². The monoisotopic (exact) mass is 319 g/mol. The molecule has 0 aromatic carbocycles. The number of rotatable bonds is 9. The molecule has 2 N–H and O–H groups in total. The number of nitrogens with one attached hydrogen (secondary N) is 2. The van der Waals surface area contributed by atoms with Gasteiger partial charge in [0.2, 0.25) is 0 Å². The van der Waals surface area contributed by atoms with Crippen molar-refractivity contribution in [2.24, 2.45) is 0 Å². The van der Waals surface area contributed by atoms with Crippen LogP contribution in [0.25, 0.3) is 0 Å². The molecule has 22 heavy (non-hydrogen) atoms. The van der Waals surface area contributed by atoms with Crippen LogP contribution < -0.4 is 10.6 Å². The lowest BCUT2D eigenvalue weighted by Gasteiger charge is -2.21. The Balaban J connectivity index is 3.91. The molecule has 3 amide bonds. The fraction of sp³-hybridized carbons (Fsp3) is 0.769. The van der Waals surface area contributed by atoms with Crippen LogP contribution >= 0.6 is 0 Å². The van der Waals surface area contributed by atoms with E-state index in [4.69, 9.17) is 4.74 Å². The van der Waals surface area contributed by atoms with Crippen molar-refractivity contribution in [2.75, 3.05) is 47.5 Å². The van der Waals surface area contributed by atoms with E-state index in [0.717, 1.165) is 0 Å². The Kier molecular flexibility index (Phi) is 11.3. The van der Waals surface area contributed by atoms with Gasteiger partial charge < -0.3 is 29.7 Å². The number of hydrogen-bond donors (Lipinski definition) is 2. The number of ether oxygens (including phenoxy) is 3. The van der Waals surface area contributed by atoms with Crippen LogP contribution in [0, 0.1) is 0 Å². The Hall–Kier alpha value is -2.19. The average molecular weight is 319 g/mol. The molecular weight excluding hydrogens is 294 g/mol. The van der Waals surface area contributed by atoms with Crippen LogP contribution in [0.4, 0.5) is 14.4 Å². The van der Waals surface area contributed by atoms with Gasteiger partial charge in [-0.15, -0.1) is 0 Å². The lowest BCUT2D eigenvalue weighted by molar-refractivity contribution is 0.122. The van der Waals surface area contributed by atoms with Crippen LogP contribution in [0.15, 0.2) is 0 Å². The molecule has 0 aliphatic rings. The van der Waals surface area contributed by atoms with E-state index in [-0.39, 0.29) is 0 Å². The number of amides is 3. The van der Waals surface area contributed by atoms with E-state index in [0.29, 0.717) is 45.4 Å². The molecule has 0 aromatic rings. The number of nitrogens with zero attached hydrogens (tertiary/aromatic N) is 1. The summed E-state index contributed by atoms with van der Waals surface area (Å²) in [6, 6.07) is 0. The maximum Gasteiger partial charge on any atom is 0.409 e. The highest BCUT2D eigenvalue weighted by Gasteiger charge is 2.13. The molecular formula is C13H25N3O6. The van der Waals surface area contributed by atoms with Gasteiger partial charge in [-0.05, 0) is 19.3 Å². The largest absolute Gasteiger partial charge is 0.453 e. The second kappa shape index (κ2) is 12.5. The Morgan fingerprint density at radius 1 is 0.773 bits per heavy atom. The van der Waals surface area contributed by atoms with Gasteiger partial charge in [-0.3, -0.25) is 0 Å². The van der Waals surface area contributed by atoms with Crippen molar-refractivity contribution in [3.63, 3.8) is 0 Å². The molecule has 0 spiro atoms. The highest BCUT2D eigenvalue weighted by Crippen LogP contribution is 2.00. The Bertz CT molecular complexity index is 351. The van der Waals surface area contributed by atoms with E-state index in [1.54, 1.807) is 4.90 Å². The quantitative estimate of drug-likeness (QED) is 0.484. The first-order valence-electron chi connectivity index (χ1n) is 7.01. The topological polar surface area (TPSA) is 106 Å². The number of hydrogen-bond acceptors (Lipinski definition) is 6. The van der Waals surface area contributed by atoms with Gasteiger partial charge in [-0.1, -0.05) is 0 Å². The second-order valence-corrected chi connectivity index (χ2v) is 4.35. The average Bonchev–Trinajstić information content (AvgIpc) is 2.54. The molecule has 0 atom stereocenters. The van der Waals surface area contributed by atoms with Gasteiger partial charge in [-0.2, -0.15) is 0 Å². The van der Waals surface area contributed by atoms with Crippen molar-refractivity contribution in [3.8, 4) is 0 Å². The van der Waals surface area contributed by atoms with Crippen LogP contribution in [0.5, 0.6) is 0 Å². The zero-order chi connectivity index (χ0) is 16.8. The molecule has 0 fully saturated rings. The van der Waals surface area contributed by atoms with Gasteiger partial charge >= 0.3 is 18.3 Å². The summed E-state index contributed by atoms with van der Waals surface area (Å²) in [4.78, 5) is 34.9. The first kappa shape index (κ1) is 19.8. The minimum absolute atomic E-state index is 0.407. The summed E-state index contributed by atoms with van der Waals surface area (Å²) in [6.45, 7) is 1.85. The van der Waals surface area contributed by atoms with E-state index in [1.165, 1.54) is 21.3 Å². The van der Waals surface area contributed by atoms with E-state index < -0.39 is 18.3 Å². The van der Waals surface area contributed by atoms with Crippen molar-refractivity contribution in [3.05, 3.63) is 0 Å². The summed E-state index contributed by atoms with van der Waals surface area (Å²) < 4.78 is 13.6. The van der Waals surface area contributed by atoms with Crippen molar-refractivity contribution in [1.82, 2.24) is 15.5 Å². The highest BCUT2D eigenvalue weighted by atomic mass is 16.5. The number of carbonyl (C=O) groups is 3. The third-order valence-corrected chi connectivity index (χ3v) is 2.80. The van der Waals surface area contributed by atoms with Crippen molar-refractivity contribution < 1.29 is 28.6 Å². The molecule has 0 aliphatic heterocycles. The summed E-state index contributed by atoms with van der Waals surface area (Å²) in [6.07, 6.45) is 0.619. The molecule has 9 heteroatoms. The third kappa shape index (κ3) is 9.67. The zero-order valence-corrected chi connectivity index (χ0v) is 13.3. The second-order valence-electron chi connectivity index (χ2n) is 4.35. The summed E-state index contributed by atoms with van der Waals surface area (Å²) in [5.41, 5.74) is 0. The Labute approximate surface area is 130 Å². The molecule has 0 heterocycles. The van der Waals surface area contributed by atoms with Gasteiger partial charge in [0.1, 0.15) is 0 Å². The van der Waals surface area contributed by atoms with E-state index in [1.807, 2.05) is 0 Å². The lowest BCUT2D eigenvalue weighted by Crippen LogP contribution is -2.35. The number of unbranched alkanes of at least 4 members (excludes halogenated alkanes) is 1. The maximum atomic E-state index is 11.6. The molecule has 0 unspecified atom stereocenters. The first-order chi connectivity index (χ1) is 10.5. The smallest absolute Gasteiger partial charge is 0.409 e. The van der Waals surface area contributed by atoms with Gasteiger partial charge in [0.05, 0.1) is 21.3 Å². The highest BCUT2D eigenvalue weighted by molar-refractivity contribution is 5.68. The standard InChI is InChI=1S/C13H25N3O6/c1-20-11(17)14-7-4-5-9-16(13(19)22-3)10-6-8-15-12(18)21-2/h4-10H2,1-3H3,(H,14,17)(H,15,18). The number of alkyl carbamates (subject to hydrolysis) is 2. The Morgan fingerprint density at radius 3 is 1.77 bits per heavy atom. The molecule has 0 rings (SSSR count). The van der Waals surface area contributed by atoms with Crippen LogP contribution in [0.2, 0.25) is 0 Å². The van der Waals surface area contributed by atoms with Crippen LogP contribution in [0.3, 0.4) is 0 Å².